The third-order valence-corrected chi connectivity index (χ3v) is 13.3. The van der Waals surface area contributed by atoms with Gasteiger partial charge in [-0.15, -0.1) is 0 Å². The fourth-order valence-corrected chi connectivity index (χ4v) is 8.61. The highest BCUT2D eigenvalue weighted by Crippen LogP contribution is 2.18. The maximum atomic E-state index is 12.8. The summed E-state index contributed by atoms with van der Waals surface area (Å²) in [4.78, 5) is 38.0. The molecule has 63 heavy (non-hydrogen) atoms. The molecule has 2 atom stereocenters. The molecule has 6 nitrogen and oxygen atoms in total. The Bertz CT molecular complexity index is 978. The second kappa shape index (κ2) is 48.3. The van der Waals surface area contributed by atoms with Gasteiger partial charge in [0.2, 0.25) is 0 Å². The first-order valence-electron chi connectivity index (χ1n) is 28.1. The number of hydrogen-bond acceptors (Lipinski definition) is 6. The molecule has 1 unspecified atom stereocenters. The molecule has 0 aromatic rings. The highest BCUT2D eigenvalue weighted by molar-refractivity contribution is 5.71. The van der Waals surface area contributed by atoms with E-state index in [1.54, 1.807) is 0 Å². The van der Waals surface area contributed by atoms with Crippen LogP contribution in [0.25, 0.3) is 0 Å². The summed E-state index contributed by atoms with van der Waals surface area (Å²) in [6.07, 6.45) is 49.5. The van der Waals surface area contributed by atoms with E-state index in [4.69, 9.17) is 14.2 Å². The molecular formula is C57H110O6. The second-order valence-electron chi connectivity index (χ2n) is 20.8. The van der Waals surface area contributed by atoms with Crippen molar-refractivity contribution in [3.05, 3.63) is 0 Å². The van der Waals surface area contributed by atoms with E-state index in [1.807, 2.05) is 0 Å². The van der Waals surface area contributed by atoms with Gasteiger partial charge in [0.05, 0.1) is 0 Å². The Morgan fingerprint density at radius 1 is 0.317 bits per heavy atom. The standard InChI is InChI=1S/C57H110O6/c1-7-53(6)45-39-33-29-30-35-41-47-56(59)62-50-54(49-61-55(58)46-40-34-27-23-19-15-12-11-14-18-22-26-32-38-44-52(4)5)63-57(60)48-42-36-28-24-20-16-10-8-9-13-17-21-25-31-37-43-51(2)3/h51-54H,7-50H2,1-6H3/t53?,54-/m1/s1. The van der Waals surface area contributed by atoms with Crippen LogP contribution in [-0.4, -0.2) is 37.2 Å². The zero-order chi connectivity index (χ0) is 46.3. The van der Waals surface area contributed by atoms with Gasteiger partial charge in [0.25, 0.3) is 0 Å². The lowest BCUT2D eigenvalue weighted by Gasteiger charge is -2.18. The molecule has 0 aromatic carbocycles. The summed E-state index contributed by atoms with van der Waals surface area (Å²) in [5, 5.41) is 0. The topological polar surface area (TPSA) is 78.9 Å². The minimum absolute atomic E-state index is 0.0644. The molecule has 0 bridgehead atoms. The first-order chi connectivity index (χ1) is 30.6. The third-order valence-electron chi connectivity index (χ3n) is 13.3. The van der Waals surface area contributed by atoms with Gasteiger partial charge < -0.3 is 14.2 Å². The quantitative estimate of drug-likeness (QED) is 0.0344. The molecule has 0 saturated carbocycles. The number of carbonyl (C=O) groups is 3. The van der Waals surface area contributed by atoms with Crippen LogP contribution in [0, 0.1) is 17.8 Å². The van der Waals surface area contributed by atoms with Crippen LogP contribution in [0.15, 0.2) is 0 Å². The van der Waals surface area contributed by atoms with Crippen LogP contribution >= 0.6 is 0 Å². The fraction of sp³-hybridized carbons (Fsp3) is 0.947. The molecule has 6 heteroatoms. The molecule has 0 aliphatic rings. The molecule has 0 radical (unpaired) electrons. The molecule has 0 saturated heterocycles. The van der Waals surface area contributed by atoms with E-state index in [0.29, 0.717) is 19.3 Å². The average Bonchev–Trinajstić information content (AvgIpc) is 3.25. The summed E-state index contributed by atoms with van der Waals surface area (Å²) in [6.45, 7) is 13.7. The van der Waals surface area contributed by atoms with E-state index in [0.717, 1.165) is 75.5 Å². The molecule has 0 aliphatic heterocycles. The molecule has 0 rings (SSSR count). The predicted molar refractivity (Wildman–Crippen MR) is 270 cm³/mol. The SMILES string of the molecule is CCC(C)CCCCCCCCC(=O)OC[C@@H](COC(=O)CCCCCCCCCCCCCCCCC(C)C)OC(=O)CCCCCCCCCCCCCCCCCC(C)C. The minimum atomic E-state index is -0.764. The molecule has 0 heterocycles. The van der Waals surface area contributed by atoms with E-state index < -0.39 is 6.10 Å². The van der Waals surface area contributed by atoms with Crippen molar-refractivity contribution in [2.75, 3.05) is 13.2 Å². The van der Waals surface area contributed by atoms with Gasteiger partial charge in [-0.25, -0.2) is 0 Å². The lowest BCUT2D eigenvalue weighted by Crippen LogP contribution is -2.30. The Morgan fingerprint density at radius 3 is 0.825 bits per heavy atom. The van der Waals surface area contributed by atoms with E-state index in [9.17, 15) is 14.4 Å². The van der Waals surface area contributed by atoms with Crippen molar-refractivity contribution >= 4 is 17.9 Å². The van der Waals surface area contributed by atoms with E-state index in [1.165, 1.54) is 193 Å². The summed E-state index contributed by atoms with van der Waals surface area (Å²) >= 11 is 0. The Kier molecular flexibility index (Phi) is 47.1. The normalized spacial score (nSPS) is 12.6. The predicted octanol–water partition coefficient (Wildman–Crippen LogP) is 18.3. The largest absolute Gasteiger partial charge is 0.462 e. The van der Waals surface area contributed by atoms with Crippen molar-refractivity contribution in [2.45, 2.75) is 317 Å². The van der Waals surface area contributed by atoms with Crippen molar-refractivity contribution in [3.63, 3.8) is 0 Å². The summed E-state index contributed by atoms with van der Waals surface area (Å²) in [5.41, 5.74) is 0. The van der Waals surface area contributed by atoms with Crippen LogP contribution < -0.4 is 0 Å². The van der Waals surface area contributed by atoms with Crippen LogP contribution in [0.1, 0.15) is 311 Å². The smallest absolute Gasteiger partial charge is 0.306 e. The lowest BCUT2D eigenvalue weighted by atomic mass is 10.00. The highest BCUT2D eigenvalue weighted by atomic mass is 16.6. The number of ether oxygens (including phenoxy) is 3. The zero-order valence-corrected chi connectivity index (χ0v) is 43.4. The highest BCUT2D eigenvalue weighted by Gasteiger charge is 2.19. The number of unbranched alkanes of at least 4 members (excludes halogenated alkanes) is 32. The van der Waals surface area contributed by atoms with Crippen LogP contribution in [-0.2, 0) is 28.6 Å². The van der Waals surface area contributed by atoms with Crippen LogP contribution in [0.3, 0.4) is 0 Å². The molecule has 0 aromatic heterocycles. The Morgan fingerprint density at radius 2 is 0.556 bits per heavy atom. The summed E-state index contributed by atoms with van der Waals surface area (Å²) in [6, 6.07) is 0. The van der Waals surface area contributed by atoms with E-state index in [2.05, 4.69) is 41.5 Å². The Hall–Kier alpha value is -1.59. The Labute approximate surface area is 393 Å². The summed E-state index contributed by atoms with van der Waals surface area (Å²) in [5.74, 6) is 1.66. The number of rotatable bonds is 50. The monoisotopic (exact) mass is 891 g/mol. The Balaban J connectivity index is 4.26. The molecule has 0 aliphatic carbocycles. The maximum Gasteiger partial charge on any atom is 0.306 e. The molecule has 0 N–H and O–H groups in total. The summed E-state index contributed by atoms with van der Waals surface area (Å²) < 4.78 is 16.9. The van der Waals surface area contributed by atoms with Crippen molar-refractivity contribution in [2.24, 2.45) is 17.8 Å². The van der Waals surface area contributed by atoms with Gasteiger partial charge in [0.1, 0.15) is 13.2 Å². The first kappa shape index (κ1) is 61.4. The maximum absolute atomic E-state index is 12.8. The number of hydrogen-bond donors (Lipinski definition) is 0. The van der Waals surface area contributed by atoms with Gasteiger partial charge in [-0.3, -0.25) is 14.4 Å². The lowest BCUT2D eigenvalue weighted by molar-refractivity contribution is -0.167. The first-order valence-corrected chi connectivity index (χ1v) is 28.1. The minimum Gasteiger partial charge on any atom is -0.462 e. The van der Waals surface area contributed by atoms with Gasteiger partial charge in [0, 0.05) is 19.3 Å². The molecule has 374 valence electrons. The van der Waals surface area contributed by atoms with Gasteiger partial charge in [0.15, 0.2) is 6.10 Å². The fourth-order valence-electron chi connectivity index (χ4n) is 8.61. The van der Waals surface area contributed by atoms with Crippen LogP contribution in [0.4, 0.5) is 0 Å². The molecule has 0 fully saturated rings. The third kappa shape index (κ3) is 49.7. The number of carbonyl (C=O) groups excluding carboxylic acids is 3. The van der Waals surface area contributed by atoms with Gasteiger partial charge in [-0.2, -0.15) is 0 Å². The van der Waals surface area contributed by atoms with E-state index >= 15 is 0 Å². The van der Waals surface area contributed by atoms with Crippen LogP contribution in [0.5, 0.6) is 0 Å². The van der Waals surface area contributed by atoms with Crippen LogP contribution in [0.2, 0.25) is 0 Å². The second-order valence-corrected chi connectivity index (χ2v) is 20.8. The van der Waals surface area contributed by atoms with Gasteiger partial charge >= 0.3 is 17.9 Å². The van der Waals surface area contributed by atoms with Gasteiger partial charge in [-0.05, 0) is 37.0 Å². The number of esters is 3. The van der Waals surface area contributed by atoms with Gasteiger partial charge in [-0.1, -0.05) is 273 Å². The summed E-state index contributed by atoms with van der Waals surface area (Å²) in [7, 11) is 0. The average molecular weight is 892 g/mol. The van der Waals surface area contributed by atoms with E-state index in [-0.39, 0.29) is 31.1 Å². The molecule has 0 amide bonds. The zero-order valence-electron chi connectivity index (χ0n) is 43.4. The van der Waals surface area contributed by atoms with Crippen molar-refractivity contribution in [1.29, 1.82) is 0 Å². The van der Waals surface area contributed by atoms with Crippen molar-refractivity contribution < 1.29 is 28.6 Å². The molecule has 0 spiro atoms. The van der Waals surface area contributed by atoms with Crippen molar-refractivity contribution in [3.8, 4) is 0 Å². The molecular weight excluding hydrogens is 781 g/mol. The van der Waals surface area contributed by atoms with Crippen molar-refractivity contribution in [1.82, 2.24) is 0 Å².